The molecule has 0 saturated heterocycles. The number of amides is 1. The lowest BCUT2D eigenvalue weighted by atomic mass is 10.1. The molecule has 0 atom stereocenters. The van der Waals surface area contributed by atoms with Crippen molar-refractivity contribution in [2.75, 3.05) is 6.54 Å². The van der Waals surface area contributed by atoms with E-state index >= 15 is 0 Å². The molecule has 1 amide bonds. The fourth-order valence-electron chi connectivity index (χ4n) is 2.38. The second-order valence-corrected chi connectivity index (χ2v) is 6.26. The number of nitro groups is 1. The predicted octanol–water partition coefficient (Wildman–Crippen LogP) is 3.01. The maximum Gasteiger partial charge on any atom is 0.269 e. The highest BCUT2D eigenvalue weighted by Crippen LogP contribution is 2.17. The largest absolute Gasteiger partial charge is 0.389 e. The molecule has 0 aromatic heterocycles. The first-order valence-electron chi connectivity index (χ1n) is 7.56. The summed E-state index contributed by atoms with van der Waals surface area (Å²) in [6.45, 7) is 3.76. The van der Waals surface area contributed by atoms with Crippen molar-refractivity contribution in [3.05, 3.63) is 75.8 Å². The molecule has 0 aliphatic heterocycles. The second kappa shape index (κ2) is 7.23. The molecule has 2 aromatic carbocycles. The third kappa shape index (κ3) is 4.89. The molecule has 0 bridgehead atoms. The van der Waals surface area contributed by atoms with Crippen LogP contribution in [0.3, 0.4) is 0 Å². The number of rotatable bonds is 6. The molecule has 0 aliphatic rings. The molecule has 2 aromatic rings. The zero-order chi connectivity index (χ0) is 17.7. The standard InChI is InChI=1S/C18H20N2O4/c1-18(2,22)13-19(12-14-6-4-3-5-7-14)17(21)15-8-10-16(11-9-15)20(23)24/h3-11,22H,12-13H2,1-2H3. The smallest absolute Gasteiger partial charge is 0.269 e. The predicted molar refractivity (Wildman–Crippen MR) is 90.6 cm³/mol. The van der Waals surface area contributed by atoms with E-state index in [9.17, 15) is 20.0 Å². The number of non-ortho nitro benzene ring substituents is 1. The van der Waals surface area contributed by atoms with Gasteiger partial charge in [-0.25, -0.2) is 0 Å². The first kappa shape index (κ1) is 17.6. The summed E-state index contributed by atoms with van der Waals surface area (Å²) in [6.07, 6.45) is 0. The molecule has 0 heterocycles. The second-order valence-electron chi connectivity index (χ2n) is 6.26. The van der Waals surface area contributed by atoms with Crippen molar-refractivity contribution in [3.63, 3.8) is 0 Å². The Balaban J connectivity index is 2.24. The van der Waals surface area contributed by atoms with Crippen LogP contribution >= 0.6 is 0 Å². The van der Waals surface area contributed by atoms with Gasteiger partial charge in [-0.2, -0.15) is 0 Å². The Morgan fingerprint density at radius 1 is 1.12 bits per heavy atom. The van der Waals surface area contributed by atoms with Gasteiger partial charge in [0, 0.05) is 30.8 Å². The molecule has 6 nitrogen and oxygen atoms in total. The highest BCUT2D eigenvalue weighted by Gasteiger charge is 2.24. The van der Waals surface area contributed by atoms with Gasteiger partial charge in [0.1, 0.15) is 0 Å². The van der Waals surface area contributed by atoms with Crippen molar-refractivity contribution >= 4 is 11.6 Å². The van der Waals surface area contributed by atoms with Gasteiger partial charge in [-0.15, -0.1) is 0 Å². The summed E-state index contributed by atoms with van der Waals surface area (Å²) in [5.74, 6) is -0.282. The quantitative estimate of drug-likeness (QED) is 0.652. The Bertz CT molecular complexity index is 706. The molecular weight excluding hydrogens is 308 g/mol. The van der Waals surface area contributed by atoms with E-state index in [4.69, 9.17) is 0 Å². The first-order chi connectivity index (χ1) is 11.3. The van der Waals surface area contributed by atoms with Crippen LogP contribution in [0.25, 0.3) is 0 Å². The van der Waals surface area contributed by atoms with E-state index in [2.05, 4.69) is 0 Å². The van der Waals surface area contributed by atoms with Crippen LogP contribution in [-0.4, -0.2) is 33.0 Å². The number of hydrogen-bond acceptors (Lipinski definition) is 4. The molecule has 1 N–H and O–H groups in total. The maximum absolute atomic E-state index is 12.8. The summed E-state index contributed by atoms with van der Waals surface area (Å²) in [5.41, 5.74) is 0.173. The number of nitro benzene ring substituents is 1. The molecule has 0 unspecified atom stereocenters. The molecular formula is C18H20N2O4. The van der Waals surface area contributed by atoms with Crippen LogP contribution in [0.5, 0.6) is 0 Å². The number of aliphatic hydroxyl groups is 1. The van der Waals surface area contributed by atoms with Gasteiger partial charge in [0.15, 0.2) is 0 Å². The van der Waals surface area contributed by atoms with Crippen molar-refractivity contribution in [3.8, 4) is 0 Å². The van der Waals surface area contributed by atoms with Crippen LogP contribution in [0.1, 0.15) is 29.8 Å². The minimum atomic E-state index is -1.05. The lowest BCUT2D eigenvalue weighted by Gasteiger charge is -2.29. The first-order valence-corrected chi connectivity index (χ1v) is 7.56. The number of carbonyl (C=O) groups is 1. The average Bonchev–Trinajstić information content (AvgIpc) is 2.53. The van der Waals surface area contributed by atoms with E-state index in [-0.39, 0.29) is 18.1 Å². The van der Waals surface area contributed by atoms with Gasteiger partial charge in [0.05, 0.1) is 10.5 Å². The van der Waals surface area contributed by atoms with Crippen molar-refractivity contribution in [1.82, 2.24) is 4.90 Å². The summed E-state index contributed by atoms with van der Waals surface area (Å²) < 4.78 is 0. The average molecular weight is 328 g/mol. The molecule has 0 saturated carbocycles. The Morgan fingerprint density at radius 3 is 2.21 bits per heavy atom. The van der Waals surface area contributed by atoms with Crippen molar-refractivity contribution in [1.29, 1.82) is 0 Å². The summed E-state index contributed by atoms with van der Waals surface area (Å²) >= 11 is 0. The van der Waals surface area contributed by atoms with Gasteiger partial charge in [-0.1, -0.05) is 30.3 Å². The Kier molecular flexibility index (Phi) is 5.31. The molecule has 0 radical (unpaired) electrons. The highest BCUT2D eigenvalue weighted by molar-refractivity contribution is 5.94. The molecule has 0 aliphatic carbocycles. The third-order valence-corrected chi connectivity index (χ3v) is 3.41. The summed E-state index contributed by atoms with van der Waals surface area (Å²) in [4.78, 5) is 24.5. The SMILES string of the molecule is CC(C)(O)CN(Cc1ccccc1)C(=O)c1ccc([N+](=O)[O-])cc1. The van der Waals surface area contributed by atoms with Crippen molar-refractivity contribution < 1.29 is 14.8 Å². The number of carbonyl (C=O) groups excluding carboxylic acids is 1. The molecule has 0 spiro atoms. The number of hydrogen-bond donors (Lipinski definition) is 1. The summed E-state index contributed by atoms with van der Waals surface area (Å²) in [6, 6.07) is 14.9. The normalized spacial score (nSPS) is 11.1. The zero-order valence-corrected chi connectivity index (χ0v) is 13.7. The van der Waals surface area contributed by atoms with Crippen LogP contribution in [0.4, 0.5) is 5.69 Å². The lowest BCUT2D eigenvalue weighted by Crippen LogP contribution is -2.41. The minimum absolute atomic E-state index is 0.0661. The van der Waals surface area contributed by atoms with E-state index in [1.165, 1.54) is 29.2 Å². The maximum atomic E-state index is 12.8. The molecule has 0 fully saturated rings. The van der Waals surface area contributed by atoms with E-state index < -0.39 is 10.5 Å². The van der Waals surface area contributed by atoms with Crippen LogP contribution in [0.2, 0.25) is 0 Å². The van der Waals surface area contributed by atoms with Gasteiger partial charge >= 0.3 is 0 Å². The van der Waals surface area contributed by atoms with E-state index in [0.717, 1.165) is 5.56 Å². The van der Waals surface area contributed by atoms with Crippen LogP contribution in [-0.2, 0) is 6.54 Å². The van der Waals surface area contributed by atoms with Gasteiger partial charge in [-0.3, -0.25) is 14.9 Å². The summed E-state index contributed by atoms with van der Waals surface area (Å²) in [7, 11) is 0. The Morgan fingerprint density at radius 2 is 1.71 bits per heavy atom. The van der Waals surface area contributed by atoms with Gasteiger partial charge in [0.2, 0.25) is 0 Å². The molecule has 2 rings (SSSR count). The lowest BCUT2D eigenvalue weighted by molar-refractivity contribution is -0.384. The van der Waals surface area contributed by atoms with Crippen molar-refractivity contribution in [2.24, 2.45) is 0 Å². The van der Waals surface area contributed by atoms with E-state index in [0.29, 0.717) is 12.1 Å². The monoisotopic (exact) mass is 328 g/mol. The van der Waals surface area contributed by atoms with Crippen LogP contribution in [0.15, 0.2) is 54.6 Å². The highest BCUT2D eigenvalue weighted by atomic mass is 16.6. The molecule has 126 valence electrons. The fraction of sp³-hybridized carbons (Fsp3) is 0.278. The van der Waals surface area contributed by atoms with Crippen LogP contribution < -0.4 is 0 Å². The van der Waals surface area contributed by atoms with E-state index in [1.54, 1.807) is 13.8 Å². The Hall–Kier alpha value is -2.73. The van der Waals surface area contributed by atoms with Gasteiger partial charge in [0.25, 0.3) is 11.6 Å². The topological polar surface area (TPSA) is 83.7 Å². The third-order valence-electron chi connectivity index (χ3n) is 3.41. The van der Waals surface area contributed by atoms with E-state index in [1.807, 2.05) is 30.3 Å². The molecule has 6 heteroatoms. The van der Waals surface area contributed by atoms with Crippen LogP contribution in [0, 0.1) is 10.1 Å². The number of nitrogens with zero attached hydrogens (tertiary/aromatic N) is 2. The number of benzene rings is 2. The summed E-state index contributed by atoms with van der Waals surface area (Å²) in [5, 5.41) is 20.8. The minimum Gasteiger partial charge on any atom is -0.389 e. The zero-order valence-electron chi connectivity index (χ0n) is 13.7. The van der Waals surface area contributed by atoms with Crippen molar-refractivity contribution in [2.45, 2.75) is 26.0 Å². The van der Waals surface area contributed by atoms with Gasteiger partial charge in [-0.05, 0) is 31.5 Å². The fourth-order valence-corrected chi connectivity index (χ4v) is 2.38. The molecule has 24 heavy (non-hydrogen) atoms. The Labute approximate surface area is 140 Å². The van der Waals surface area contributed by atoms with Gasteiger partial charge < -0.3 is 10.0 Å².